The zero-order valence-corrected chi connectivity index (χ0v) is 8.54. The van der Waals surface area contributed by atoms with E-state index in [1.165, 1.54) is 0 Å². The third-order valence-electron chi connectivity index (χ3n) is 1.80. The summed E-state index contributed by atoms with van der Waals surface area (Å²) in [4.78, 5) is 10.8. The van der Waals surface area contributed by atoms with Crippen molar-refractivity contribution in [3.63, 3.8) is 0 Å². The van der Waals surface area contributed by atoms with Gasteiger partial charge in [-0.05, 0) is 18.2 Å². The zero-order chi connectivity index (χ0) is 13.4. The Morgan fingerprint density at radius 2 is 1.59 bits per heavy atom. The van der Waals surface area contributed by atoms with Crippen LogP contribution in [0.3, 0.4) is 0 Å². The molecule has 0 atom stereocenters. The Labute approximate surface area is 96.0 Å². The van der Waals surface area contributed by atoms with Crippen LogP contribution in [0.15, 0.2) is 18.2 Å². The number of hydrogen-bond donors (Lipinski definition) is 0. The lowest BCUT2D eigenvalue weighted by atomic mass is 10.1. The molecule has 1 aromatic carbocycles. The first-order chi connectivity index (χ1) is 7.53. The lowest BCUT2D eigenvalue weighted by molar-refractivity contribution is -0.137. The second-order valence-corrected chi connectivity index (χ2v) is 3.43. The molecule has 0 saturated heterocycles. The van der Waals surface area contributed by atoms with E-state index in [0.29, 0.717) is 12.1 Å². The Morgan fingerprint density at radius 3 is 1.94 bits per heavy atom. The second-order valence-electron chi connectivity index (χ2n) is 3.02. The van der Waals surface area contributed by atoms with E-state index in [-0.39, 0.29) is 6.07 Å². The standard InChI is InChI=1S/C9H3ClF6O/c10-6-3-4(8(11,12)13)1-2-5(6)7(17)9(14,15)16/h1-3H. The van der Waals surface area contributed by atoms with Gasteiger partial charge in [-0.3, -0.25) is 4.79 Å². The number of hydrogen-bond acceptors (Lipinski definition) is 1. The number of alkyl halides is 6. The van der Waals surface area contributed by atoms with E-state index in [2.05, 4.69) is 0 Å². The predicted octanol–water partition coefficient (Wildman–Crippen LogP) is 4.10. The van der Waals surface area contributed by atoms with Crippen molar-refractivity contribution in [2.45, 2.75) is 12.4 Å². The molecule has 0 amide bonds. The van der Waals surface area contributed by atoms with Gasteiger partial charge in [0.15, 0.2) is 0 Å². The summed E-state index contributed by atoms with van der Waals surface area (Å²) in [6.07, 6.45) is -9.91. The van der Waals surface area contributed by atoms with E-state index in [9.17, 15) is 31.1 Å². The van der Waals surface area contributed by atoms with Gasteiger partial charge in [0.05, 0.1) is 10.6 Å². The molecule has 1 nitrogen and oxygen atoms in total. The molecule has 0 heterocycles. The molecule has 0 bridgehead atoms. The third kappa shape index (κ3) is 3.12. The topological polar surface area (TPSA) is 17.1 Å². The Morgan fingerprint density at radius 1 is 1.06 bits per heavy atom. The predicted molar refractivity (Wildman–Crippen MR) is 46.8 cm³/mol. The van der Waals surface area contributed by atoms with Gasteiger partial charge in [0, 0.05) is 5.56 Å². The van der Waals surface area contributed by atoms with Crippen molar-refractivity contribution in [1.29, 1.82) is 0 Å². The minimum absolute atomic E-state index is 0.278. The first-order valence-corrected chi connectivity index (χ1v) is 4.39. The van der Waals surface area contributed by atoms with Gasteiger partial charge >= 0.3 is 12.4 Å². The number of carbonyl (C=O) groups is 1. The molecule has 1 rings (SSSR count). The van der Waals surface area contributed by atoms with Crippen molar-refractivity contribution >= 4 is 17.4 Å². The van der Waals surface area contributed by atoms with Gasteiger partial charge in [-0.1, -0.05) is 11.6 Å². The van der Waals surface area contributed by atoms with Crippen LogP contribution in [-0.2, 0) is 6.18 Å². The van der Waals surface area contributed by atoms with Gasteiger partial charge in [0.1, 0.15) is 0 Å². The van der Waals surface area contributed by atoms with Crippen molar-refractivity contribution in [2.75, 3.05) is 0 Å². The van der Waals surface area contributed by atoms with E-state index >= 15 is 0 Å². The molecule has 0 aliphatic rings. The summed E-state index contributed by atoms with van der Waals surface area (Å²) in [5.41, 5.74) is -2.23. The van der Waals surface area contributed by atoms with Crippen LogP contribution in [0.4, 0.5) is 26.3 Å². The lowest BCUT2D eigenvalue weighted by Gasteiger charge is -2.10. The van der Waals surface area contributed by atoms with E-state index in [0.717, 1.165) is 0 Å². The highest BCUT2D eigenvalue weighted by atomic mass is 35.5. The zero-order valence-electron chi connectivity index (χ0n) is 7.79. The highest BCUT2D eigenvalue weighted by molar-refractivity contribution is 6.34. The fourth-order valence-corrected chi connectivity index (χ4v) is 1.29. The smallest absolute Gasteiger partial charge is 0.284 e. The quantitative estimate of drug-likeness (QED) is 0.557. The van der Waals surface area contributed by atoms with E-state index in [1.807, 2.05) is 0 Å². The minimum Gasteiger partial charge on any atom is -0.284 e. The van der Waals surface area contributed by atoms with Crippen LogP contribution in [0, 0.1) is 0 Å². The SMILES string of the molecule is O=C(c1ccc(C(F)(F)F)cc1Cl)C(F)(F)F. The Bertz CT molecular complexity index is 448. The number of Topliss-reactive ketones (excluding diaryl/α,β-unsaturated/α-hetero) is 1. The fourth-order valence-electron chi connectivity index (χ4n) is 1.03. The normalized spacial score (nSPS) is 12.6. The average Bonchev–Trinajstić information content (AvgIpc) is 2.13. The Kier molecular flexibility index (Phi) is 3.42. The molecule has 94 valence electrons. The number of benzene rings is 1. The average molecular weight is 277 g/mol. The van der Waals surface area contributed by atoms with Crippen LogP contribution < -0.4 is 0 Å². The van der Waals surface area contributed by atoms with Crippen molar-refractivity contribution in [3.8, 4) is 0 Å². The molecular weight excluding hydrogens is 274 g/mol. The summed E-state index contributed by atoms with van der Waals surface area (Å²) in [5.74, 6) is -2.28. The summed E-state index contributed by atoms with van der Waals surface area (Å²) in [5, 5.41) is -0.887. The Balaban J connectivity index is 3.20. The number of ketones is 1. The molecule has 17 heavy (non-hydrogen) atoms. The Hall–Kier alpha value is -1.24. The van der Waals surface area contributed by atoms with Crippen LogP contribution in [-0.4, -0.2) is 12.0 Å². The molecule has 0 saturated carbocycles. The molecule has 1 aromatic rings. The maximum atomic E-state index is 12.2. The maximum absolute atomic E-state index is 12.2. The second kappa shape index (κ2) is 4.21. The van der Waals surface area contributed by atoms with Crippen molar-refractivity contribution < 1.29 is 31.1 Å². The van der Waals surface area contributed by atoms with Gasteiger partial charge in [-0.15, -0.1) is 0 Å². The number of carbonyl (C=O) groups excluding carboxylic acids is 1. The van der Waals surface area contributed by atoms with Crippen LogP contribution in [0.2, 0.25) is 5.02 Å². The van der Waals surface area contributed by atoms with Crippen LogP contribution in [0.25, 0.3) is 0 Å². The lowest BCUT2D eigenvalue weighted by Crippen LogP contribution is -2.23. The summed E-state index contributed by atoms with van der Waals surface area (Å²) in [6.45, 7) is 0. The monoisotopic (exact) mass is 276 g/mol. The highest BCUT2D eigenvalue weighted by Crippen LogP contribution is 2.33. The van der Waals surface area contributed by atoms with Crippen molar-refractivity contribution in [3.05, 3.63) is 34.3 Å². The van der Waals surface area contributed by atoms with Crippen molar-refractivity contribution in [1.82, 2.24) is 0 Å². The summed E-state index contributed by atoms with van der Waals surface area (Å²) in [7, 11) is 0. The molecule has 0 radical (unpaired) electrons. The minimum atomic E-state index is -5.18. The molecule has 0 spiro atoms. The molecule has 8 heteroatoms. The first kappa shape index (κ1) is 13.8. The van der Waals surface area contributed by atoms with Gasteiger partial charge in [-0.2, -0.15) is 26.3 Å². The largest absolute Gasteiger partial charge is 0.454 e. The summed E-state index contributed by atoms with van der Waals surface area (Å²) in [6, 6.07) is 1.05. The first-order valence-electron chi connectivity index (χ1n) is 4.02. The molecule has 0 fully saturated rings. The van der Waals surface area contributed by atoms with Gasteiger partial charge in [-0.25, -0.2) is 0 Å². The molecule has 0 N–H and O–H groups in total. The highest BCUT2D eigenvalue weighted by Gasteiger charge is 2.41. The fraction of sp³-hybridized carbons (Fsp3) is 0.222. The maximum Gasteiger partial charge on any atom is 0.454 e. The third-order valence-corrected chi connectivity index (χ3v) is 2.11. The molecule has 0 aromatic heterocycles. The van der Waals surface area contributed by atoms with Gasteiger partial charge in [0.25, 0.3) is 5.78 Å². The molecule has 0 aliphatic carbocycles. The van der Waals surface area contributed by atoms with Crippen LogP contribution in [0.1, 0.15) is 15.9 Å². The summed E-state index contributed by atoms with van der Waals surface area (Å²) < 4.78 is 72.6. The van der Waals surface area contributed by atoms with Crippen molar-refractivity contribution in [2.24, 2.45) is 0 Å². The number of rotatable bonds is 1. The van der Waals surface area contributed by atoms with Gasteiger partial charge in [0.2, 0.25) is 0 Å². The molecule has 0 unspecified atom stereocenters. The van der Waals surface area contributed by atoms with Gasteiger partial charge < -0.3 is 0 Å². The van der Waals surface area contributed by atoms with E-state index in [4.69, 9.17) is 11.6 Å². The van der Waals surface area contributed by atoms with Crippen LogP contribution >= 0.6 is 11.6 Å². The van der Waals surface area contributed by atoms with E-state index < -0.39 is 34.3 Å². The molecule has 0 aliphatic heterocycles. The van der Waals surface area contributed by atoms with E-state index in [1.54, 1.807) is 0 Å². The molecular formula is C9H3ClF6O. The summed E-state index contributed by atoms with van der Waals surface area (Å²) >= 11 is 5.22. The van der Waals surface area contributed by atoms with Crippen LogP contribution in [0.5, 0.6) is 0 Å². The number of halogens is 7.